The number of aryl methyl sites for hydroxylation is 3. The number of fused-ring (bicyclic) bond motifs is 1. The van der Waals surface area contributed by atoms with Gasteiger partial charge in [0.25, 0.3) is 5.91 Å². The number of ether oxygens (including phenoxy) is 1. The second-order valence-electron chi connectivity index (χ2n) is 8.09. The molecule has 0 radical (unpaired) electrons. The third kappa shape index (κ3) is 3.72. The summed E-state index contributed by atoms with van der Waals surface area (Å²) >= 11 is 0. The number of urea groups is 1. The maximum absolute atomic E-state index is 13.1. The van der Waals surface area contributed by atoms with E-state index in [9.17, 15) is 14.7 Å². The van der Waals surface area contributed by atoms with Crippen LogP contribution < -0.4 is 10.1 Å². The van der Waals surface area contributed by atoms with Crippen LogP contribution in [-0.4, -0.2) is 41.2 Å². The molecule has 152 valence electrons. The molecule has 29 heavy (non-hydrogen) atoms. The molecule has 0 spiro atoms. The van der Waals surface area contributed by atoms with Crippen molar-refractivity contribution < 1.29 is 19.4 Å². The Morgan fingerprint density at radius 2 is 1.86 bits per heavy atom. The van der Waals surface area contributed by atoms with Gasteiger partial charge in [-0.3, -0.25) is 9.69 Å². The van der Waals surface area contributed by atoms with Crippen LogP contribution in [0.2, 0.25) is 0 Å². The second-order valence-corrected chi connectivity index (χ2v) is 8.09. The number of carbonyl (C=O) groups is 2. The van der Waals surface area contributed by atoms with Crippen molar-refractivity contribution >= 4 is 11.9 Å². The third-order valence-corrected chi connectivity index (χ3v) is 5.81. The first kappa shape index (κ1) is 19.5. The van der Waals surface area contributed by atoms with Gasteiger partial charge in [-0.2, -0.15) is 0 Å². The van der Waals surface area contributed by atoms with Gasteiger partial charge in [-0.15, -0.1) is 0 Å². The van der Waals surface area contributed by atoms with Gasteiger partial charge in [-0.1, -0.05) is 35.9 Å². The molecule has 2 aromatic rings. The molecule has 0 bridgehead atoms. The van der Waals surface area contributed by atoms with Crippen LogP contribution in [0.1, 0.15) is 35.6 Å². The molecular weight excluding hydrogens is 368 g/mol. The molecule has 2 N–H and O–H groups in total. The Hall–Kier alpha value is -2.86. The number of carbonyl (C=O) groups excluding carboxylic acids is 2. The highest BCUT2D eigenvalue weighted by atomic mass is 16.5. The van der Waals surface area contributed by atoms with Crippen LogP contribution in [0.3, 0.4) is 0 Å². The lowest BCUT2D eigenvalue weighted by Crippen LogP contribution is -2.42. The van der Waals surface area contributed by atoms with Crippen molar-refractivity contribution in [2.75, 3.05) is 13.2 Å². The second kappa shape index (κ2) is 7.52. The quantitative estimate of drug-likeness (QED) is 0.739. The van der Waals surface area contributed by atoms with Crippen LogP contribution in [0.15, 0.2) is 42.5 Å². The monoisotopic (exact) mass is 394 g/mol. The first-order valence-corrected chi connectivity index (χ1v) is 10.0. The van der Waals surface area contributed by atoms with Gasteiger partial charge in [0.2, 0.25) is 0 Å². The number of nitrogens with zero attached hydrogens (tertiary/aromatic N) is 1. The fraction of sp³-hybridized carbons (Fsp3) is 0.391. The van der Waals surface area contributed by atoms with Crippen LogP contribution in [0.4, 0.5) is 4.79 Å². The number of imide groups is 1. The molecule has 0 unspecified atom stereocenters. The van der Waals surface area contributed by atoms with E-state index in [-0.39, 0.29) is 19.1 Å². The fourth-order valence-electron chi connectivity index (χ4n) is 4.03. The number of hydrogen-bond acceptors (Lipinski definition) is 4. The van der Waals surface area contributed by atoms with Crippen molar-refractivity contribution in [1.29, 1.82) is 0 Å². The number of rotatable bonds is 6. The zero-order chi connectivity index (χ0) is 20.6. The minimum Gasteiger partial charge on any atom is -0.491 e. The summed E-state index contributed by atoms with van der Waals surface area (Å²) in [6.07, 6.45) is 2.20. The number of aliphatic hydroxyl groups is 1. The first-order chi connectivity index (χ1) is 13.9. The average molecular weight is 394 g/mol. The summed E-state index contributed by atoms with van der Waals surface area (Å²) in [6.45, 7) is 3.58. The van der Waals surface area contributed by atoms with E-state index >= 15 is 0 Å². The van der Waals surface area contributed by atoms with Crippen molar-refractivity contribution in [2.24, 2.45) is 0 Å². The van der Waals surface area contributed by atoms with Gasteiger partial charge >= 0.3 is 6.03 Å². The van der Waals surface area contributed by atoms with E-state index in [1.54, 1.807) is 6.92 Å². The molecule has 1 saturated heterocycles. The van der Waals surface area contributed by atoms with Crippen molar-refractivity contribution in [3.63, 3.8) is 0 Å². The summed E-state index contributed by atoms with van der Waals surface area (Å²) in [6, 6.07) is 13.0. The highest BCUT2D eigenvalue weighted by Gasteiger charge is 2.49. The Balaban J connectivity index is 1.43. The van der Waals surface area contributed by atoms with Gasteiger partial charge in [0.15, 0.2) is 0 Å². The van der Waals surface area contributed by atoms with Gasteiger partial charge in [0.05, 0.1) is 6.54 Å². The molecular formula is C23H26N2O4. The van der Waals surface area contributed by atoms with Gasteiger partial charge in [-0.25, -0.2) is 4.79 Å². The largest absolute Gasteiger partial charge is 0.491 e. The molecule has 2 aromatic carbocycles. The van der Waals surface area contributed by atoms with E-state index < -0.39 is 17.7 Å². The summed E-state index contributed by atoms with van der Waals surface area (Å²) in [5.41, 5.74) is 3.34. The standard InChI is InChI=1S/C23H26N2O4/c1-15-6-10-20(11-7-15)29-14-19(26)13-25-21(27)23(2,24-22(25)28)18-9-8-16-4-3-5-17(16)12-18/h6-12,19,26H,3-5,13-14H2,1-2H3,(H,24,28)/t19-,23-/m1/s1. The zero-order valence-corrected chi connectivity index (χ0v) is 16.8. The average Bonchev–Trinajstić information content (AvgIpc) is 3.26. The molecule has 1 heterocycles. The van der Waals surface area contributed by atoms with Crippen molar-refractivity contribution in [1.82, 2.24) is 10.2 Å². The number of nitrogens with one attached hydrogen (secondary N) is 1. The summed E-state index contributed by atoms with van der Waals surface area (Å²) in [7, 11) is 0. The Labute approximate surface area is 170 Å². The van der Waals surface area contributed by atoms with Crippen LogP contribution in [0, 0.1) is 6.92 Å². The van der Waals surface area contributed by atoms with E-state index in [2.05, 4.69) is 11.4 Å². The van der Waals surface area contributed by atoms with Gasteiger partial charge < -0.3 is 15.2 Å². The molecule has 1 fully saturated rings. The first-order valence-electron chi connectivity index (χ1n) is 10.0. The summed E-state index contributed by atoms with van der Waals surface area (Å²) in [5, 5.41) is 13.1. The lowest BCUT2D eigenvalue weighted by atomic mass is 9.89. The summed E-state index contributed by atoms with van der Waals surface area (Å²) < 4.78 is 5.57. The molecule has 0 saturated carbocycles. The normalized spacial score (nSPS) is 21.8. The minimum absolute atomic E-state index is 0.00429. The van der Waals surface area contributed by atoms with Crippen LogP contribution in [0.25, 0.3) is 0 Å². The maximum atomic E-state index is 13.1. The molecule has 1 aliphatic heterocycles. The lowest BCUT2D eigenvalue weighted by molar-refractivity contribution is -0.132. The van der Waals surface area contributed by atoms with Crippen molar-refractivity contribution in [3.05, 3.63) is 64.7 Å². The van der Waals surface area contributed by atoms with Crippen LogP contribution >= 0.6 is 0 Å². The van der Waals surface area contributed by atoms with E-state index in [1.807, 2.05) is 43.3 Å². The molecule has 3 amide bonds. The highest BCUT2D eigenvalue weighted by Crippen LogP contribution is 2.32. The Morgan fingerprint density at radius 3 is 2.62 bits per heavy atom. The Morgan fingerprint density at radius 1 is 1.14 bits per heavy atom. The zero-order valence-electron chi connectivity index (χ0n) is 16.8. The fourth-order valence-corrected chi connectivity index (χ4v) is 4.03. The Bertz CT molecular complexity index is 940. The predicted octanol–water partition coefficient (Wildman–Crippen LogP) is 2.69. The predicted molar refractivity (Wildman–Crippen MR) is 109 cm³/mol. The SMILES string of the molecule is Cc1ccc(OC[C@H](O)CN2C(=O)N[C@](C)(c3ccc4c(c3)CCC4)C2=O)cc1. The number of aliphatic hydroxyl groups excluding tert-OH is 1. The lowest BCUT2D eigenvalue weighted by Gasteiger charge is -2.24. The van der Waals surface area contributed by atoms with E-state index in [0.29, 0.717) is 5.75 Å². The van der Waals surface area contributed by atoms with E-state index in [4.69, 9.17) is 4.74 Å². The van der Waals surface area contributed by atoms with Gasteiger partial charge in [0, 0.05) is 0 Å². The third-order valence-electron chi connectivity index (χ3n) is 5.81. The smallest absolute Gasteiger partial charge is 0.325 e. The molecule has 1 aliphatic carbocycles. The van der Waals surface area contributed by atoms with Gasteiger partial charge in [-0.05, 0) is 61.9 Å². The maximum Gasteiger partial charge on any atom is 0.325 e. The molecule has 4 rings (SSSR count). The van der Waals surface area contributed by atoms with Gasteiger partial charge in [0.1, 0.15) is 24.0 Å². The molecule has 6 nitrogen and oxygen atoms in total. The summed E-state index contributed by atoms with van der Waals surface area (Å²) in [5.74, 6) is 0.282. The molecule has 6 heteroatoms. The summed E-state index contributed by atoms with van der Waals surface area (Å²) in [4.78, 5) is 26.7. The van der Waals surface area contributed by atoms with Crippen LogP contribution in [0.5, 0.6) is 5.75 Å². The number of β-amino-alcohol motifs (C(OH)–C–C–N with tert-alkyl or cyclic N) is 1. The molecule has 2 aliphatic rings. The van der Waals surface area contributed by atoms with E-state index in [0.717, 1.165) is 35.3 Å². The van der Waals surface area contributed by atoms with Crippen LogP contribution in [-0.2, 0) is 23.2 Å². The minimum atomic E-state index is -1.12. The highest BCUT2D eigenvalue weighted by molar-refractivity contribution is 6.07. The Kier molecular flexibility index (Phi) is 5.04. The number of hydrogen-bond donors (Lipinski definition) is 2. The van der Waals surface area contributed by atoms with Crippen molar-refractivity contribution in [2.45, 2.75) is 44.8 Å². The number of benzene rings is 2. The van der Waals surface area contributed by atoms with Crippen molar-refractivity contribution in [3.8, 4) is 5.75 Å². The molecule has 2 atom stereocenters. The topological polar surface area (TPSA) is 78.9 Å². The number of amides is 3. The van der Waals surface area contributed by atoms with E-state index in [1.165, 1.54) is 11.1 Å². The molecule has 0 aromatic heterocycles.